The van der Waals surface area contributed by atoms with Crippen LogP contribution >= 0.6 is 0 Å². The molecule has 132 valence electrons. The van der Waals surface area contributed by atoms with E-state index in [0.29, 0.717) is 22.5 Å². The minimum atomic E-state index is -0.683. The van der Waals surface area contributed by atoms with Crippen LogP contribution in [0.1, 0.15) is 15.9 Å². The fraction of sp³-hybridized carbons (Fsp3) is 0. The van der Waals surface area contributed by atoms with E-state index in [4.69, 9.17) is 5.73 Å². The molecule has 4 N–H and O–H groups in total. The number of amides is 2. The molecule has 0 aliphatic heterocycles. The number of urea groups is 1. The standard InChI is InChI=1S/C20H15N5O2/c21-20(27)25-15-5-1-3-12(7-15)18(26)17-11-24-19-16(17)8-14(10-23-19)13-4-2-6-22-9-13/h1-11H,(H,23,24)(H3,21,25,27). The third-order valence-corrected chi connectivity index (χ3v) is 4.16. The van der Waals surface area contributed by atoms with Crippen molar-refractivity contribution in [3.63, 3.8) is 0 Å². The lowest BCUT2D eigenvalue weighted by molar-refractivity contribution is 0.104. The lowest BCUT2D eigenvalue weighted by Crippen LogP contribution is -2.19. The van der Waals surface area contributed by atoms with Crippen LogP contribution in [-0.4, -0.2) is 26.8 Å². The molecule has 0 spiro atoms. The number of fused-ring (bicyclic) bond motifs is 1. The van der Waals surface area contributed by atoms with Crippen molar-refractivity contribution >= 4 is 28.5 Å². The van der Waals surface area contributed by atoms with E-state index in [2.05, 4.69) is 20.3 Å². The van der Waals surface area contributed by atoms with Crippen LogP contribution in [0.3, 0.4) is 0 Å². The van der Waals surface area contributed by atoms with E-state index in [0.717, 1.165) is 16.5 Å². The predicted molar refractivity (Wildman–Crippen MR) is 102 cm³/mol. The molecule has 0 saturated carbocycles. The van der Waals surface area contributed by atoms with Crippen LogP contribution in [-0.2, 0) is 0 Å². The fourth-order valence-corrected chi connectivity index (χ4v) is 2.92. The van der Waals surface area contributed by atoms with Gasteiger partial charge < -0.3 is 16.0 Å². The molecule has 0 radical (unpaired) electrons. The number of nitrogens with one attached hydrogen (secondary N) is 2. The van der Waals surface area contributed by atoms with Gasteiger partial charge in [-0.25, -0.2) is 9.78 Å². The van der Waals surface area contributed by atoms with Crippen molar-refractivity contribution in [1.29, 1.82) is 0 Å². The van der Waals surface area contributed by atoms with Gasteiger partial charge in [-0.2, -0.15) is 0 Å². The average Bonchev–Trinajstić information content (AvgIpc) is 3.11. The first kappa shape index (κ1) is 16.5. The van der Waals surface area contributed by atoms with Crippen molar-refractivity contribution in [3.05, 3.63) is 78.4 Å². The quantitative estimate of drug-likeness (QED) is 0.486. The van der Waals surface area contributed by atoms with Crippen LogP contribution in [0, 0.1) is 0 Å². The van der Waals surface area contributed by atoms with Gasteiger partial charge in [-0.3, -0.25) is 9.78 Å². The minimum absolute atomic E-state index is 0.181. The van der Waals surface area contributed by atoms with Gasteiger partial charge in [-0.05, 0) is 24.3 Å². The van der Waals surface area contributed by atoms with Crippen LogP contribution < -0.4 is 11.1 Å². The molecule has 0 aliphatic carbocycles. The molecular formula is C20H15N5O2. The topological polar surface area (TPSA) is 114 Å². The van der Waals surface area contributed by atoms with E-state index < -0.39 is 6.03 Å². The summed E-state index contributed by atoms with van der Waals surface area (Å²) in [6.45, 7) is 0. The summed E-state index contributed by atoms with van der Waals surface area (Å²) in [5.74, 6) is -0.181. The molecule has 3 aromatic heterocycles. The molecule has 7 heteroatoms. The number of benzene rings is 1. The zero-order valence-electron chi connectivity index (χ0n) is 14.1. The molecule has 4 aromatic rings. The predicted octanol–water partition coefficient (Wildman–Crippen LogP) is 3.35. The Balaban J connectivity index is 1.75. The smallest absolute Gasteiger partial charge is 0.316 e. The number of primary amides is 1. The molecule has 1 aromatic carbocycles. The van der Waals surface area contributed by atoms with E-state index >= 15 is 0 Å². The molecule has 3 heterocycles. The number of ketones is 1. The molecule has 0 aliphatic rings. The first-order valence-corrected chi connectivity index (χ1v) is 8.20. The maximum absolute atomic E-state index is 13.0. The van der Waals surface area contributed by atoms with Gasteiger partial charge >= 0.3 is 6.03 Å². The van der Waals surface area contributed by atoms with Gasteiger partial charge in [0.2, 0.25) is 0 Å². The summed E-state index contributed by atoms with van der Waals surface area (Å²) >= 11 is 0. The van der Waals surface area contributed by atoms with E-state index in [1.54, 1.807) is 49.1 Å². The zero-order valence-corrected chi connectivity index (χ0v) is 14.1. The molecular weight excluding hydrogens is 342 g/mol. The summed E-state index contributed by atoms with van der Waals surface area (Å²) in [6, 6.07) is 11.6. The third-order valence-electron chi connectivity index (χ3n) is 4.16. The third kappa shape index (κ3) is 3.25. The summed E-state index contributed by atoms with van der Waals surface area (Å²) < 4.78 is 0. The van der Waals surface area contributed by atoms with Gasteiger partial charge in [0.05, 0.1) is 0 Å². The van der Waals surface area contributed by atoms with Crippen LogP contribution in [0.25, 0.3) is 22.2 Å². The Labute approximate surface area is 154 Å². The first-order valence-electron chi connectivity index (χ1n) is 8.20. The molecule has 2 amide bonds. The summed E-state index contributed by atoms with van der Waals surface area (Å²) in [4.78, 5) is 35.6. The highest BCUT2D eigenvalue weighted by molar-refractivity contribution is 6.16. The molecule has 7 nitrogen and oxygen atoms in total. The van der Waals surface area contributed by atoms with Crippen molar-refractivity contribution in [2.45, 2.75) is 0 Å². The number of nitrogens with zero attached hydrogens (tertiary/aromatic N) is 2. The molecule has 0 atom stereocenters. The lowest BCUT2D eigenvalue weighted by atomic mass is 10.0. The largest absolute Gasteiger partial charge is 0.351 e. The lowest BCUT2D eigenvalue weighted by Gasteiger charge is -2.05. The highest BCUT2D eigenvalue weighted by atomic mass is 16.2. The number of carbonyl (C=O) groups is 2. The average molecular weight is 357 g/mol. The summed E-state index contributed by atoms with van der Waals surface area (Å²) in [5, 5.41) is 3.19. The number of aromatic nitrogens is 3. The van der Waals surface area contributed by atoms with Gasteiger partial charge in [0.1, 0.15) is 5.65 Å². The summed E-state index contributed by atoms with van der Waals surface area (Å²) in [5.41, 5.74) is 8.94. The monoisotopic (exact) mass is 357 g/mol. The van der Waals surface area contributed by atoms with E-state index in [-0.39, 0.29) is 5.78 Å². The number of anilines is 1. The number of hydrogen-bond acceptors (Lipinski definition) is 4. The van der Waals surface area contributed by atoms with E-state index in [1.807, 2.05) is 18.2 Å². The first-order chi connectivity index (χ1) is 13.1. The molecule has 0 fully saturated rings. The number of pyridine rings is 2. The highest BCUT2D eigenvalue weighted by Gasteiger charge is 2.16. The SMILES string of the molecule is NC(=O)Nc1cccc(C(=O)c2c[nH]c3ncc(-c4cccnc4)cc23)c1. The normalized spacial score (nSPS) is 10.7. The maximum Gasteiger partial charge on any atom is 0.316 e. The van der Waals surface area contributed by atoms with Crippen molar-refractivity contribution in [3.8, 4) is 11.1 Å². The number of nitrogens with two attached hydrogens (primary N) is 1. The van der Waals surface area contributed by atoms with Gasteiger partial charge in [0, 0.05) is 58.1 Å². The molecule has 0 unspecified atom stereocenters. The Bertz CT molecular complexity index is 1150. The number of H-pyrrole nitrogens is 1. The molecule has 4 rings (SSSR count). The Morgan fingerprint density at radius 1 is 1.04 bits per heavy atom. The van der Waals surface area contributed by atoms with Crippen molar-refractivity contribution in [1.82, 2.24) is 15.0 Å². The zero-order chi connectivity index (χ0) is 18.8. The van der Waals surface area contributed by atoms with E-state index in [1.165, 1.54) is 0 Å². The van der Waals surface area contributed by atoms with Crippen molar-refractivity contribution in [2.75, 3.05) is 5.32 Å². The Kier molecular flexibility index (Phi) is 4.10. The fourth-order valence-electron chi connectivity index (χ4n) is 2.92. The van der Waals surface area contributed by atoms with Crippen LogP contribution in [0.2, 0.25) is 0 Å². The van der Waals surface area contributed by atoms with Crippen molar-refractivity contribution in [2.24, 2.45) is 5.73 Å². The van der Waals surface area contributed by atoms with Gasteiger partial charge in [0.15, 0.2) is 5.78 Å². The van der Waals surface area contributed by atoms with Crippen LogP contribution in [0.4, 0.5) is 10.5 Å². The highest BCUT2D eigenvalue weighted by Crippen LogP contribution is 2.26. The van der Waals surface area contributed by atoms with Crippen LogP contribution in [0.15, 0.2) is 67.3 Å². The Morgan fingerprint density at radius 3 is 2.70 bits per heavy atom. The Hall–Kier alpha value is -4.00. The van der Waals surface area contributed by atoms with Gasteiger partial charge in [-0.15, -0.1) is 0 Å². The van der Waals surface area contributed by atoms with Crippen molar-refractivity contribution < 1.29 is 9.59 Å². The second-order valence-electron chi connectivity index (χ2n) is 5.96. The second kappa shape index (κ2) is 6.72. The number of hydrogen-bond donors (Lipinski definition) is 3. The second-order valence-corrected chi connectivity index (χ2v) is 5.96. The van der Waals surface area contributed by atoms with Gasteiger partial charge in [0.25, 0.3) is 0 Å². The van der Waals surface area contributed by atoms with Gasteiger partial charge in [-0.1, -0.05) is 18.2 Å². The number of rotatable bonds is 4. The molecule has 0 saturated heterocycles. The van der Waals surface area contributed by atoms with Crippen LogP contribution in [0.5, 0.6) is 0 Å². The number of aromatic amines is 1. The minimum Gasteiger partial charge on any atom is -0.351 e. The Morgan fingerprint density at radius 2 is 1.93 bits per heavy atom. The number of carbonyl (C=O) groups excluding carboxylic acids is 2. The molecule has 27 heavy (non-hydrogen) atoms. The summed E-state index contributed by atoms with van der Waals surface area (Å²) in [6.07, 6.45) is 6.83. The summed E-state index contributed by atoms with van der Waals surface area (Å²) in [7, 11) is 0. The molecule has 0 bridgehead atoms. The maximum atomic E-state index is 13.0. The van der Waals surface area contributed by atoms with E-state index in [9.17, 15) is 9.59 Å².